The van der Waals surface area contributed by atoms with E-state index in [-0.39, 0.29) is 11.9 Å². The molecular formula is C17H19BrFN. The molecule has 0 heterocycles. The highest BCUT2D eigenvalue weighted by atomic mass is 79.9. The van der Waals surface area contributed by atoms with Crippen LogP contribution in [0, 0.1) is 5.82 Å². The summed E-state index contributed by atoms with van der Waals surface area (Å²) in [6, 6.07) is 13.7. The quantitative estimate of drug-likeness (QED) is 0.737. The molecule has 2 rings (SSSR count). The first-order valence-electron chi connectivity index (χ1n) is 6.94. The Morgan fingerprint density at radius 2 is 1.80 bits per heavy atom. The predicted molar refractivity (Wildman–Crippen MR) is 86.6 cm³/mol. The molecule has 1 N–H and O–H groups in total. The van der Waals surface area contributed by atoms with Crippen LogP contribution in [-0.4, -0.2) is 0 Å². The van der Waals surface area contributed by atoms with Crippen molar-refractivity contribution in [2.24, 2.45) is 0 Å². The molecule has 1 nitrogen and oxygen atoms in total. The number of hydrogen-bond donors (Lipinski definition) is 1. The first kappa shape index (κ1) is 15.0. The Balaban J connectivity index is 2.19. The van der Waals surface area contributed by atoms with Gasteiger partial charge in [-0.15, -0.1) is 0 Å². The lowest BCUT2D eigenvalue weighted by Crippen LogP contribution is -2.10. The molecule has 0 aliphatic heterocycles. The fourth-order valence-electron chi connectivity index (χ4n) is 2.20. The zero-order valence-corrected chi connectivity index (χ0v) is 13.4. The number of anilines is 1. The molecule has 0 amide bonds. The number of halogens is 2. The molecule has 0 aliphatic carbocycles. The summed E-state index contributed by atoms with van der Waals surface area (Å²) in [7, 11) is 0. The third-order valence-corrected chi connectivity index (χ3v) is 3.95. The molecule has 1 unspecified atom stereocenters. The maximum Gasteiger partial charge on any atom is 0.147 e. The van der Waals surface area contributed by atoms with Crippen LogP contribution in [0.1, 0.15) is 37.4 Å². The predicted octanol–water partition coefficient (Wildman–Crippen LogP) is 5.71. The summed E-state index contributed by atoms with van der Waals surface area (Å²) < 4.78 is 14.6. The highest BCUT2D eigenvalue weighted by Gasteiger charge is 2.11. The SMILES string of the molecule is CCc1ccc(C(CC)Nc2ccc(Br)cc2F)cc1. The van der Waals surface area contributed by atoms with Gasteiger partial charge in [-0.3, -0.25) is 0 Å². The van der Waals surface area contributed by atoms with Crippen molar-refractivity contribution < 1.29 is 4.39 Å². The zero-order chi connectivity index (χ0) is 14.5. The second-order valence-electron chi connectivity index (χ2n) is 4.82. The van der Waals surface area contributed by atoms with Gasteiger partial charge in [0, 0.05) is 4.47 Å². The lowest BCUT2D eigenvalue weighted by molar-refractivity contribution is 0.623. The van der Waals surface area contributed by atoms with Gasteiger partial charge in [0.1, 0.15) is 5.82 Å². The minimum atomic E-state index is -0.233. The highest BCUT2D eigenvalue weighted by molar-refractivity contribution is 9.10. The van der Waals surface area contributed by atoms with Crippen molar-refractivity contribution in [2.75, 3.05) is 5.32 Å². The molecule has 0 bridgehead atoms. The summed E-state index contributed by atoms with van der Waals surface area (Å²) in [5.74, 6) is -0.233. The van der Waals surface area contributed by atoms with E-state index in [1.54, 1.807) is 6.07 Å². The van der Waals surface area contributed by atoms with Gasteiger partial charge in [-0.2, -0.15) is 0 Å². The van der Waals surface area contributed by atoms with Gasteiger partial charge in [-0.1, -0.05) is 54.0 Å². The van der Waals surface area contributed by atoms with Crippen molar-refractivity contribution in [1.29, 1.82) is 0 Å². The van der Waals surface area contributed by atoms with E-state index in [0.717, 1.165) is 17.3 Å². The molecule has 2 aromatic rings. The molecule has 0 saturated heterocycles. The lowest BCUT2D eigenvalue weighted by atomic mass is 10.0. The number of rotatable bonds is 5. The summed E-state index contributed by atoms with van der Waals surface area (Å²) in [6.45, 7) is 4.24. The lowest BCUT2D eigenvalue weighted by Gasteiger charge is -2.19. The Morgan fingerprint density at radius 1 is 1.10 bits per heavy atom. The van der Waals surface area contributed by atoms with Crippen LogP contribution in [0.2, 0.25) is 0 Å². The van der Waals surface area contributed by atoms with Crippen molar-refractivity contribution in [2.45, 2.75) is 32.7 Å². The minimum absolute atomic E-state index is 0.122. The molecule has 0 spiro atoms. The Morgan fingerprint density at radius 3 is 2.35 bits per heavy atom. The Hall–Kier alpha value is -1.35. The monoisotopic (exact) mass is 335 g/mol. The van der Waals surface area contributed by atoms with Crippen LogP contribution in [-0.2, 0) is 6.42 Å². The van der Waals surface area contributed by atoms with Gasteiger partial charge in [-0.25, -0.2) is 4.39 Å². The zero-order valence-electron chi connectivity index (χ0n) is 11.8. The van der Waals surface area contributed by atoms with Crippen LogP contribution in [0.5, 0.6) is 0 Å². The summed E-state index contributed by atoms with van der Waals surface area (Å²) >= 11 is 3.27. The third-order valence-electron chi connectivity index (χ3n) is 3.46. The average Bonchev–Trinajstić information content (AvgIpc) is 2.47. The van der Waals surface area contributed by atoms with E-state index in [1.807, 2.05) is 6.07 Å². The molecule has 0 saturated carbocycles. The van der Waals surface area contributed by atoms with Gasteiger partial charge in [0.25, 0.3) is 0 Å². The second kappa shape index (κ2) is 6.89. The first-order valence-corrected chi connectivity index (χ1v) is 7.73. The number of aryl methyl sites for hydroxylation is 1. The van der Waals surface area contributed by atoms with Gasteiger partial charge in [0.2, 0.25) is 0 Å². The standard InChI is InChI=1S/C17H19BrFN/c1-3-12-5-7-13(8-6-12)16(4-2)20-17-10-9-14(18)11-15(17)19/h5-11,16,20H,3-4H2,1-2H3. The largest absolute Gasteiger partial charge is 0.376 e. The summed E-state index contributed by atoms with van der Waals surface area (Å²) in [5, 5.41) is 3.28. The highest BCUT2D eigenvalue weighted by Crippen LogP contribution is 2.26. The topological polar surface area (TPSA) is 12.0 Å². The first-order chi connectivity index (χ1) is 9.63. The molecule has 0 aliphatic rings. The van der Waals surface area contributed by atoms with E-state index in [9.17, 15) is 4.39 Å². The Kier molecular flexibility index (Phi) is 5.18. The van der Waals surface area contributed by atoms with Gasteiger partial charge in [-0.05, 0) is 42.2 Å². The fraction of sp³-hybridized carbons (Fsp3) is 0.294. The van der Waals surface area contributed by atoms with Crippen LogP contribution >= 0.6 is 15.9 Å². The molecule has 106 valence electrons. The van der Waals surface area contributed by atoms with Gasteiger partial charge >= 0.3 is 0 Å². The van der Waals surface area contributed by atoms with Crippen molar-refractivity contribution in [3.05, 3.63) is 63.9 Å². The van der Waals surface area contributed by atoms with E-state index in [1.165, 1.54) is 17.2 Å². The number of hydrogen-bond acceptors (Lipinski definition) is 1. The molecular weight excluding hydrogens is 317 g/mol. The number of benzene rings is 2. The Bertz CT molecular complexity index is 566. The maximum absolute atomic E-state index is 13.9. The molecule has 1 atom stereocenters. The van der Waals surface area contributed by atoms with Gasteiger partial charge < -0.3 is 5.32 Å². The smallest absolute Gasteiger partial charge is 0.147 e. The van der Waals surface area contributed by atoms with Crippen molar-refractivity contribution in [3.63, 3.8) is 0 Å². The van der Waals surface area contributed by atoms with Crippen LogP contribution in [0.25, 0.3) is 0 Å². The summed E-state index contributed by atoms with van der Waals surface area (Å²) in [5.41, 5.74) is 3.05. The summed E-state index contributed by atoms with van der Waals surface area (Å²) in [6.07, 6.45) is 1.94. The summed E-state index contributed by atoms with van der Waals surface area (Å²) in [4.78, 5) is 0. The van der Waals surface area contributed by atoms with Crippen molar-refractivity contribution in [1.82, 2.24) is 0 Å². The van der Waals surface area contributed by atoms with Crippen LogP contribution in [0.3, 0.4) is 0 Å². The van der Waals surface area contributed by atoms with E-state index >= 15 is 0 Å². The van der Waals surface area contributed by atoms with E-state index in [0.29, 0.717) is 5.69 Å². The van der Waals surface area contributed by atoms with E-state index in [4.69, 9.17) is 0 Å². The second-order valence-corrected chi connectivity index (χ2v) is 5.74. The molecule has 20 heavy (non-hydrogen) atoms. The van der Waals surface area contributed by atoms with E-state index < -0.39 is 0 Å². The molecule has 2 aromatic carbocycles. The van der Waals surface area contributed by atoms with Crippen LogP contribution < -0.4 is 5.32 Å². The molecule has 0 radical (unpaired) electrons. The normalized spacial score (nSPS) is 12.2. The third kappa shape index (κ3) is 3.60. The molecule has 0 aromatic heterocycles. The minimum Gasteiger partial charge on any atom is -0.376 e. The Labute approximate surface area is 128 Å². The van der Waals surface area contributed by atoms with Gasteiger partial charge in [0.05, 0.1) is 11.7 Å². The average molecular weight is 336 g/mol. The van der Waals surface area contributed by atoms with Gasteiger partial charge in [0.15, 0.2) is 0 Å². The van der Waals surface area contributed by atoms with Crippen LogP contribution in [0.4, 0.5) is 10.1 Å². The maximum atomic E-state index is 13.9. The van der Waals surface area contributed by atoms with E-state index in [2.05, 4.69) is 59.4 Å². The molecule has 3 heteroatoms. The van der Waals surface area contributed by atoms with Crippen LogP contribution in [0.15, 0.2) is 46.9 Å². The van der Waals surface area contributed by atoms with Crippen molar-refractivity contribution in [3.8, 4) is 0 Å². The number of nitrogens with one attached hydrogen (secondary N) is 1. The fourth-order valence-corrected chi connectivity index (χ4v) is 2.53. The molecule has 0 fully saturated rings. The van der Waals surface area contributed by atoms with Crippen molar-refractivity contribution >= 4 is 21.6 Å².